The fourth-order valence-electron chi connectivity index (χ4n) is 3.11. The number of hydrogen-bond acceptors (Lipinski definition) is 7. The van der Waals surface area contributed by atoms with E-state index in [-0.39, 0.29) is 36.9 Å². The molecule has 2 aromatic carbocycles. The van der Waals surface area contributed by atoms with E-state index >= 15 is 0 Å². The summed E-state index contributed by atoms with van der Waals surface area (Å²) < 4.78 is 15.4. The molecule has 0 saturated carbocycles. The van der Waals surface area contributed by atoms with Crippen molar-refractivity contribution in [1.82, 2.24) is 10.2 Å². The van der Waals surface area contributed by atoms with Crippen molar-refractivity contribution in [1.29, 1.82) is 0 Å². The number of amides is 1. The molecule has 9 heteroatoms. The van der Waals surface area contributed by atoms with Crippen molar-refractivity contribution in [3.05, 3.63) is 53.7 Å². The molecule has 1 N–H and O–H groups in total. The van der Waals surface area contributed by atoms with Gasteiger partial charge >= 0.3 is 11.9 Å². The predicted molar refractivity (Wildman–Crippen MR) is 102 cm³/mol. The number of rotatable bonds is 5. The molecule has 0 aliphatic carbocycles. The van der Waals surface area contributed by atoms with Crippen molar-refractivity contribution < 1.29 is 28.6 Å². The molecule has 29 heavy (non-hydrogen) atoms. The van der Waals surface area contributed by atoms with E-state index in [1.165, 1.54) is 18.1 Å². The van der Waals surface area contributed by atoms with Crippen LogP contribution in [0.15, 0.2) is 42.5 Å². The fourth-order valence-corrected chi connectivity index (χ4v) is 3.11. The van der Waals surface area contributed by atoms with Gasteiger partial charge in [0.25, 0.3) is 5.91 Å². The molecule has 0 atom stereocenters. The Hall–Kier alpha value is -3.88. The van der Waals surface area contributed by atoms with Gasteiger partial charge in [0.05, 0.1) is 30.4 Å². The zero-order valence-corrected chi connectivity index (χ0v) is 15.5. The average molecular weight is 395 g/mol. The molecule has 4 rings (SSSR count). The number of anilines is 1. The molecule has 148 valence electrons. The van der Waals surface area contributed by atoms with E-state index in [1.807, 2.05) is 6.07 Å². The van der Waals surface area contributed by atoms with Gasteiger partial charge in [-0.2, -0.15) is 5.10 Å². The van der Waals surface area contributed by atoms with Crippen LogP contribution in [-0.2, 0) is 14.3 Å². The minimum Gasteiger partial charge on any atom is -0.482 e. The molecule has 0 fully saturated rings. The third-order valence-electron chi connectivity index (χ3n) is 4.53. The summed E-state index contributed by atoms with van der Waals surface area (Å²) in [5, 5.41) is 7.08. The number of hydrogen-bond donors (Lipinski definition) is 1. The summed E-state index contributed by atoms with van der Waals surface area (Å²) >= 11 is 0. The number of aromatic amines is 1. The summed E-state index contributed by atoms with van der Waals surface area (Å²) in [7, 11) is 1.26. The average Bonchev–Trinajstić information content (AvgIpc) is 3.18. The minimum absolute atomic E-state index is 0.00614. The first-order valence-electron chi connectivity index (χ1n) is 8.84. The first kappa shape index (κ1) is 18.5. The predicted octanol–water partition coefficient (Wildman–Crippen LogP) is 1.93. The number of carbonyl (C=O) groups excluding carboxylic acids is 3. The van der Waals surface area contributed by atoms with Gasteiger partial charge in [0, 0.05) is 5.39 Å². The lowest BCUT2D eigenvalue weighted by molar-refractivity contribution is -0.121. The van der Waals surface area contributed by atoms with Crippen LogP contribution in [-0.4, -0.2) is 54.9 Å². The van der Waals surface area contributed by atoms with E-state index in [2.05, 4.69) is 14.9 Å². The second-order valence-electron chi connectivity index (χ2n) is 6.26. The van der Waals surface area contributed by atoms with Crippen LogP contribution in [0.5, 0.6) is 5.75 Å². The molecule has 9 nitrogen and oxygen atoms in total. The number of carbonyl (C=O) groups is 3. The SMILES string of the molecule is COC(=O)c1n[nH]c2ccc(C(=O)OCCN3C(=O)COc4ccccc43)cc12. The van der Waals surface area contributed by atoms with Crippen molar-refractivity contribution in [2.75, 3.05) is 31.8 Å². The monoisotopic (exact) mass is 395 g/mol. The third kappa shape index (κ3) is 3.49. The van der Waals surface area contributed by atoms with Crippen LogP contribution < -0.4 is 9.64 Å². The summed E-state index contributed by atoms with van der Waals surface area (Å²) in [6, 6.07) is 11.9. The highest BCUT2D eigenvalue weighted by Crippen LogP contribution is 2.31. The largest absolute Gasteiger partial charge is 0.482 e. The number of methoxy groups -OCH3 is 1. The molecular formula is C20H17N3O6. The summed E-state index contributed by atoms with van der Waals surface area (Å²) in [5.74, 6) is -0.773. The Bertz CT molecular complexity index is 1110. The summed E-state index contributed by atoms with van der Waals surface area (Å²) in [6.07, 6.45) is 0. The number of aromatic nitrogens is 2. The topological polar surface area (TPSA) is 111 Å². The maximum absolute atomic E-state index is 12.4. The Morgan fingerprint density at radius 1 is 1.21 bits per heavy atom. The van der Waals surface area contributed by atoms with Gasteiger partial charge in [-0.1, -0.05) is 12.1 Å². The first-order valence-corrected chi connectivity index (χ1v) is 8.84. The van der Waals surface area contributed by atoms with Crippen LogP contribution in [0.25, 0.3) is 10.9 Å². The van der Waals surface area contributed by atoms with E-state index < -0.39 is 11.9 Å². The molecule has 1 aromatic heterocycles. The lowest BCUT2D eigenvalue weighted by Crippen LogP contribution is -2.41. The van der Waals surface area contributed by atoms with Gasteiger partial charge in [-0.05, 0) is 30.3 Å². The quantitative estimate of drug-likeness (QED) is 0.657. The zero-order chi connectivity index (χ0) is 20.4. The zero-order valence-electron chi connectivity index (χ0n) is 15.5. The Morgan fingerprint density at radius 2 is 2.03 bits per heavy atom. The maximum atomic E-state index is 12.4. The highest BCUT2D eigenvalue weighted by atomic mass is 16.5. The highest BCUT2D eigenvalue weighted by molar-refractivity contribution is 6.04. The number of nitrogens with zero attached hydrogens (tertiary/aromatic N) is 2. The van der Waals surface area contributed by atoms with Crippen molar-refractivity contribution in [3.8, 4) is 5.75 Å². The van der Waals surface area contributed by atoms with Crippen LogP contribution in [0, 0.1) is 0 Å². The van der Waals surface area contributed by atoms with Crippen LogP contribution in [0.1, 0.15) is 20.8 Å². The smallest absolute Gasteiger partial charge is 0.359 e. The standard InChI is InChI=1S/C20H17N3O6/c1-27-20(26)18-13-10-12(6-7-14(13)21-22-18)19(25)28-9-8-23-15-4-2-3-5-16(15)29-11-17(23)24/h2-7,10H,8-9,11H2,1H3,(H,21,22). The molecule has 0 spiro atoms. The normalized spacial score (nSPS) is 13.0. The van der Waals surface area contributed by atoms with Crippen molar-refractivity contribution in [2.45, 2.75) is 0 Å². The number of fused-ring (bicyclic) bond motifs is 2. The van der Waals surface area contributed by atoms with E-state index in [0.29, 0.717) is 22.3 Å². The van der Waals surface area contributed by atoms with Crippen molar-refractivity contribution >= 4 is 34.4 Å². The van der Waals surface area contributed by atoms with Gasteiger partial charge in [0.1, 0.15) is 12.4 Å². The Kier molecular flexibility index (Phi) is 4.86. The van der Waals surface area contributed by atoms with Crippen molar-refractivity contribution in [2.24, 2.45) is 0 Å². The van der Waals surface area contributed by atoms with Gasteiger partial charge in [-0.15, -0.1) is 0 Å². The highest BCUT2D eigenvalue weighted by Gasteiger charge is 2.25. The van der Waals surface area contributed by atoms with Crippen LogP contribution in [0.3, 0.4) is 0 Å². The number of nitrogens with one attached hydrogen (secondary N) is 1. The molecule has 0 saturated heterocycles. The molecule has 3 aromatic rings. The number of ether oxygens (including phenoxy) is 3. The maximum Gasteiger partial charge on any atom is 0.359 e. The fraction of sp³-hybridized carbons (Fsp3) is 0.200. The lowest BCUT2D eigenvalue weighted by atomic mass is 10.1. The molecule has 1 aliphatic heterocycles. The van der Waals surface area contributed by atoms with Gasteiger partial charge < -0.3 is 19.1 Å². The molecule has 1 amide bonds. The molecular weight excluding hydrogens is 378 g/mol. The second-order valence-corrected chi connectivity index (χ2v) is 6.26. The van der Waals surface area contributed by atoms with Crippen LogP contribution in [0.4, 0.5) is 5.69 Å². The number of para-hydroxylation sites is 2. The van der Waals surface area contributed by atoms with Gasteiger partial charge in [0.2, 0.25) is 0 Å². The third-order valence-corrected chi connectivity index (χ3v) is 4.53. The second kappa shape index (κ2) is 7.63. The number of benzene rings is 2. The minimum atomic E-state index is -0.605. The van der Waals surface area contributed by atoms with E-state index in [9.17, 15) is 14.4 Å². The molecule has 0 unspecified atom stereocenters. The summed E-state index contributed by atoms with van der Waals surface area (Å²) in [6.45, 7) is 0.150. The molecule has 0 bridgehead atoms. The van der Waals surface area contributed by atoms with Gasteiger partial charge in [-0.25, -0.2) is 9.59 Å². The summed E-state index contributed by atoms with van der Waals surface area (Å²) in [5.41, 5.74) is 1.59. The van der Waals surface area contributed by atoms with E-state index in [0.717, 1.165) is 0 Å². The first-order chi connectivity index (χ1) is 14.1. The number of H-pyrrole nitrogens is 1. The molecule has 0 radical (unpaired) electrons. The van der Waals surface area contributed by atoms with E-state index in [1.54, 1.807) is 30.3 Å². The molecule has 1 aliphatic rings. The van der Waals surface area contributed by atoms with Crippen LogP contribution in [0.2, 0.25) is 0 Å². The Morgan fingerprint density at radius 3 is 2.86 bits per heavy atom. The van der Waals surface area contributed by atoms with E-state index in [4.69, 9.17) is 9.47 Å². The van der Waals surface area contributed by atoms with Crippen LogP contribution >= 0.6 is 0 Å². The van der Waals surface area contributed by atoms with Crippen molar-refractivity contribution in [3.63, 3.8) is 0 Å². The summed E-state index contributed by atoms with van der Waals surface area (Å²) in [4.78, 5) is 37.9. The Labute approximate surface area is 165 Å². The van der Waals surface area contributed by atoms with Gasteiger partial charge in [-0.3, -0.25) is 9.89 Å². The van der Waals surface area contributed by atoms with Gasteiger partial charge in [0.15, 0.2) is 12.3 Å². The number of esters is 2. The Balaban J connectivity index is 1.45. The lowest BCUT2D eigenvalue weighted by Gasteiger charge is -2.29. The molecule has 2 heterocycles.